The Morgan fingerprint density at radius 1 is 0.690 bits per heavy atom. The molecule has 1 N–H and O–H groups in total. The normalized spacial score (nSPS) is 19.2. The standard InChI is InChI=1S/C23H24N4O2.C22H21N5O2/c1-15-12-27-13-17(5-7-22(27)24-15)20-10-16-4-6-18(11-21(16)29-23(20)28)26-9-8-19(14-26)25(2)3;1-13-9-27-12-19(25-21(27)8-24-13)18-4-14-2-3-17(5-20(14)29-22(18)28)26-10-15-6-23-7-16(15)11-26/h4-7,10-13,19H,8-9,14H2,1-3H3;2-5,8-9,12,15-16,23H,6-7,10-11H2,1H3/t19-;15-,16+/m0./s1. The van der Waals surface area contributed by atoms with Crippen molar-refractivity contribution in [1.29, 1.82) is 0 Å². The monoisotopic (exact) mass is 775 g/mol. The molecule has 0 radical (unpaired) electrons. The zero-order valence-electron chi connectivity index (χ0n) is 33.1. The van der Waals surface area contributed by atoms with Crippen molar-refractivity contribution in [3.63, 3.8) is 0 Å². The SMILES string of the molecule is Cc1cn2cc(-c3cc4ccc(N5CC[C@H](N(C)C)C5)cc4oc3=O)ccc2n1.Cc1cn2cc(-c3cc4ccc(N5C[C@H]6CNC[C@H]6C5)cc4oc3=O)nc2cn1. The molecule has 9 heterocycles. The Labute approximate surface area is 334 Å². The molecule has 0 saturated carbocycles. The molecule has 3 saturated heterocycles. The lowest BCUT2D eigenvalue weighted by molar-refractivity contribution is 0.315. The quantitative estimate of drug-likeness (QED) is 0.206. The minimum Gasteiger partial charge on any atom is -0.422 e. The van der Waals surface area contributed by atoms with Gasteiger partial charge in [-0.15, -0.1) is 0 Å². The Kier molecular flexibility index (Phi) is 8.86. The van der Waals surface area contributed by atoms with Crippen molar-refractivity contribution in [3.8, 4) is 22.4 Å². The molecule has 3 fully saturated rings. The highest BCUT2D eigenvalue weighted by atomic mass is 16.4. The Morgan fingerprint density at radius 3 is 2.05 bits per heavy atom. The van der Waals surface area contributed by atoms with Crippen LogP contribution >= 0.6 is 0 Å². The van der Waals surface area contributed by atoms with Crippen molar-refractivity contribution < 1.29 is 8.83 Å². The van der Waals surface area contributed by atoms with Crippen LogP contribution in [0, 0.1) is 25.7 Å². The highest BCUT2D eigenvalue weighted by Crippen LogP contribution is 2.33. The van der Waals surface area contributed by atoms with Crippen LogP contribution in [0.5, 0.6) is 0 Å². The molecule has 11 rings (SSSR count). The molecule has 294 valence electrons. The van der Waals surface area contributed by atoms with Gasteiger partial charge < -0.3 is 37.7 Å². The van der Waals surface area contributed by atoms with E-state index in [1.54, 1.807) is 6.20 Å². The van der Waals surface area contributed by atoms with E-state index in [2.05, 4.69) is 61.2 Å². The summed E-state index contributed by atoms with van der Waals surface area (Å²) in [4.78, 5) is 45.7. The van der Waals surface area contributed by atoms with E-state index >= 15 is 0 Å². The van der Waals surface area contributed by atoms with Crippen LogP contribution in [0.25, 0.3) is 55.6 Å². The van der Waals surface area contributed by atoms with Crippen LogP contribution in [-0.2, 0) is 0 Å². The van der Waals surface area contributed by atoms with Crippen molar-refractivity contribution in [1.82, 2.24) is 34.0 Å². The number of imidazole rings is 2. The Hall–Kier alpha value is -6.31. The fraction of sp³-hybridized carbons (Fsp3) is 0.311. The molecule has 2 aromatic carbocycles. The second kappa shape index (κ2) is 14.3. The molecule has 0 amide bonds. The first-order valence-electron chi connectivity index (χ1n) is 19.9. The van der Waals surface area contributed by atoms with Crippen LogP contribution in [0.2, 0.25) is 0 Å². The second-order valence-electron chi connectivity index (χ2n) is 16.3. The first-order chi connectivity index (χ1) is 28.1. The molecule has 3 atom stereocenters. The van der Waals surface area contributed by atoms with E-state index in [1.165, 1.54) is 0 Å². The zero-order chi connectivity index (χ0) is 39.7. The molecule has 3 aliphatic rings. The first kappa shape index (κ1) is 36.1. The maximum atomic E-state index is 12.7. The van der Waals surface area contributed by atoms with E-state index in [-0.39, 0.29) is 11.3 Å². The summed E-state index contributed by atoms with van der Waals surface area (Å²) in [7, 11) is 4.25. The first-order valence-corrected chi connectivity index (χ1v) is 19.9. The third-order valence-corrected chi connectivity index (χ3v) is 12.1. The summed E-state index contributed by atoms with van der Waals surface area (Å²) in [6, 6.07) is 20.5. The van der Waals surface area contributed by atoms with E-state index in [0.717, 1.165) is 90.4 Å². The molecule has 0 bridgehead atoms. The third kappa shape index (κ3) is 6.69. The molecule has 0 spiro atoms. The van der Waals surface area contributed by atoms with Gasteiger partial charge in [0.05, 0.1) is 34.4 Å². The Bertz CT molecular complexity index is 2970. The Morgan fingerprint density at radius 2 is 1.34 bits per heavy atom. The molecule has 13 nitrogen and oxygen atoms in total. The van der Waals surface area contributed by atoms with Gasteiger partial charge in [0, 0.05) is 110 Å². The summed E-state index contributed by atoms with van der Waals surface area (Å²) < 4.78 is 15.2. The molecule has 13 heteroatoms. The number of nitrogens with one attached hydrogen (secondary N) is 1. The van der Waals surface area contributed by atoms with Crippen molar-refractivity contribution in [2.24, 2.45) is 11.8 Å². The summed E-state index contributed by atoms with van der Waals surface area (Å²) in [5.74, 6) is 1.43. The lowest BCUT2D eigenvalue weighted by atomic mass is 10.0. The predicted octanol–water partition coefficient (Wildman–Crippen LogP) is 6.02. The molecule has 8 aromatic rings. The number of fused-ring (bicyclic) bond motifs is 5. The average molecular weight is 776 g/mol. The number of likely N-dealkylation sites (N-methyl/N-ethyl adjacent to an activating group) is 1. The second-order valence-corrected chi connectivity index (χ2v) is 16.3. The van der Waals surface area contributed by atoms with E-state index < -0.39 is 0 Å². The van der Waals surface area contributed by atoms with Gasteiger partial charge in [-0.25, -0.2) is 19.6 Å². The molecule has 3 aliphatic heterocycles. The van der Waals surface area contributed by atoms with Gasteiger partial charge >= 0.3 is 11.3 Å². The van der Waals surface area contributed by atoms with Crippen molar-refractivity contribution >= 4 is 44.6 Å². The molecule has 0 aliphatic carbocycles. The number of aromatic nitrogens is 5. The van der Waals surface area contributed by atoms with Crippen molar-refractivity contribution in [2.45, 2.75) is 26.3 Å². The molecular formula is C45H45N9O4. The highest BCUT2D eigenvalue weighted by Gasteiger charge is 2.36. The van der Waals surface area contributed by atoms with Gasteiger partial charge in [-0.2, -0.15) is 0 Å². The van der Waals surface area contributed by atoms with Gasteiger partial charge in [-0.1, -0.05) is 0 Å². The van der Waals surface area contributed by atoms with Crippen LogP contribution < -0.4 is 26.4 Å². The van der Waals surface area contributed by atoms with E-state index in [0.29, 0.717) is 51.5 Å². The fourth-order valence-corrected chi connectivity index (χ4v) is 8.85. The van der Waals surface area contributed by atoms with E-state index in [9.17, 15) is 9.59 Å². The van der Waals surface area contributed by atoms with Gasteiger partial charge in [0.1, 0.15) is 16.8 Å². The van der Waals surface area contributed by atoms with Crippen LogP contribution in [0.4, 0.5) is 11.4 Å². The minimum atomic E-state index is -0.370. The van der Waals surface area contributed by atoms with Gasteiger partial charge in [0.25, 0.3) is 0 Å². The number of pyridine rings is 1. The lowest BCUT2D eigenvalue weighted by Crippen LogP contribution is -2.31. The van der Waals surface area contributed by atoms with Crippen molar-refractivity contribution in [3.05, 3.63) is 124 Å². The summed E-state index contributed by atoms with van der Waals surface area (Å²) in [6.07, 6.45) is 10.5. The smallest absolute Gasteiger partial charge is 0.345 e. The number of hydrogen-bond donors (Lipinski definition) is 1. The van der Waals surface area contributed by atoms with E-state index in [4.69, 9.17) is 8.83 Å². The van der Waals surface area contributed by atoms with Crippen LogP contribution in [0.3, 0.4) is 0 Å². The summed E-state index contributed by atoms with van der Waals surface area (Å²) >= 11 is 0. The number of aryl methyl sites for hydroxylation is 2. The van der Waals surface area contributed by atoms with Gasteiger partial charge in [0.15, 0.2) is 5.65 Å². The zero-order valence-corrected chi connectivity index (χ0v) is 33.1. The van der Waals surface area contributed by atoms with Gasteiger partial charge in [0.2, 0.25) is 0 Å². The number of hydrogen-bond acceptors (Lipinski definition) is 11. The summed E-state index contributed by atoms with van der Waals surface area (Å²) in [5, 5.41) is 5.29. The van der Waals surface area contributed by atoms with Crippen molar-refractivity contribution in [2.75, 3.05) is 63.2 Å². The third-order valence-electron chi connectivity index (χ3n) is 12.1. The van der Waals surface area contributed by atoms with Crippen LogP contribution in [0.15, 0.2) is 110 Å². The van der Waals surface area contributed by atoms with E-state index in [1.807, 2.05) is 96.0 Å². The number of benzene rings is 2. The van der Waals surface area contributed by atoms with Crippen LogP contribution in [0.1, 0.15) is 17.8 Å². The van der Waals surface area contributed by atoms with Crippen LogP contribution in [-0.4, -0.2) is 88.1 Å². The highest BCUT2D eigenvalue weighted by molar-refractivity contribution is 5.85. The molecule has 58 heavy (non-hydrogen) atoms. The summed E-state index contributed by atoms with van der Waals surface area (Å²) in [5.41, 5.74) is 8.63. The average Bonchev–Trinajstić information content (AvgIpc) is 4.05. The van der Waals surface area contributed by atoms with Gasteiger partial charge in [-0.3, -0.25) is 4.98 Å². The maximum absolute atomic E-state index is 12.7. The Balaban J connectivity index is 0.000000141. The minimum absolute atomic E-state index is 0.321. The maximum Gasteiger partial charge on any atom is 0.345 e. The topological polar surface area (TPSA) is 130 Å². The molecular weight excluding hydrogens is 731 g/mol. The largest absolute Gasteiger partial charge is 0.422 e. The van der Waals surface area contributed by atoms with Gasteiger partial charge in [-0.05, 0) is 94.7 Å². The fourth-order valence-electron chi connectivity index (χ4n) is 8.85. The predicted molar refractivity (Wildman–Crippen MR) is 227 cm³/mol. The number of nitrogens with zero attached hydrogens (tertiary/aromatic N) is 8. The lowest BCUT2D eigenvalue weighted by Gasteiger charge is -2.22. The molecule has 0 unspecified atom stereocenters. The number of rotatable bonds is 5. The summed E-state index contributed by atoms with van der Waals surface area (Å²) in [6.45, 7) is 10.2. The number of anilines is 2. The molecule has 6 aromatic heterocycles.